The van der Waals surface area contributed by atoms with Crippen LogP contribution in [0.5, 0.6) is 5.75 Å². The fourth-order valence-electron chi connectivity index (χ4n) is 4.15. The number of anilines is 1. The largest absolute Gasteiger partial charge is 0.490 e. The Hall–Kier alpha value is -3.09. The van der Waals surface area contributed by atoms with E-state index >= 15 is 0 Å². The molecule has 2 heterocycles. The Balaban J connectivity index is 1.55. The number of aryl methyl sites for hydroxylation is 1. The van der Waals surface area contributed by atoms with Crippen LogP contribution in [0, 0.1) is 10.1 Å². The van der Waals surface area contributed by atoms with Gasteiger partial charge >= 0.3 is 5.69 Å². The zero-order chi connectivity index (χ0) is 19.7. The molecule has 1 aliphatic rings. The van der Waals surface area contributed by atoms with Crippen LogP contribution < -0.4 is 9.64 Å². The highest BCUT2D eigenvalue weighted by atomic mass is 16.6. The molecule has 3 aromatic rings. The third-order valence-electron chi connectivity index (χ3n) is 5.54. The molecule has 0 aliphatic carbocycles. The second-order valence-electron chi connectivity index (χ2n) is 7.07. The first kappa shape index (κ1) is 18.3. The molecule has 7 nitrogen and oxygen atoms in total. The third-order valence-corrected chi connectivity index (χ3v) is 5.54. The number of hydrogen-bond donors (Lipinski definition) is 0. The quantitative estimate of drug-likeness (QED) is 0.486. The van der Waals surface area contributed by atoms with Gasteiger partial charge in [-0.1, -0.05) is 19.1 Å². The second-order valence-corrected chi connectivity index (χ2v) is 7.07. The molecule has 0 saturated carbocycles. The molecule has 4 rings (SSSR count). The molecule has 1 fully saturated rings. The molecular formula is C21H24N4O3. The first-order valence-electron chi connectivity index (χ1n) is 9.65. The van der Waals surface area contributed by atoms with Crippen molar-refractivity contribution in [3.63, 3.8) is 0 Å². The maximum Gasteiger partial charge on any atom is 0.311 e. The predicted octanol–water partition coefficient (Wildman–Crippen LogP) is 4.36. The van der Waals surface area contributed by atoms with Crippen molar-refractivity contribution < 1.29 is 9.66 Å². The van der Waals surface area contributed by atoms with Crippen LogP contribution in [0.15, 0.2) is 42.5 Å². The molecule has 1 aliphatic heterocycles. The maximum absolute atomic E-state index is 11.1. The van der Waals surface area contributed by atoms with E-state index in [4.69, 9.17) is 9.72 Å². The van der Waals surface area contributed by atoms with Gasteiger partial charge in [0.2, 0.25) is 0 Å². The van der Waals surface area contributed by atoms with E-state index in [0.29, 0.717) is 11.8 Å². The van der Waals surface area contributed by atoms with Gasteiger partial charge in [0, 0.05) is 43.4 Å². The lowest BCUT2D eigenvalue weighted by atomic mass is 10.0. The van der Waals surface area contributed by atoms with Gasteiger partial charge in [-0.3, -0.25) is 10.1 Å². The lowest BCUT2D eigenvalue weighted by Crippen LogP contribution is -2.35. The highest BCUT2D eigenvalue weighted by Crippen LogP contribution is 2.35. The van der Waals surface area contributed by atoms with Crippen molar-refractivity contribution in [2.75, 3.05) is 25.1 Å². The summed E-state index contributed by atoms with van der Waals surface area (Å²) in [4.78, 5) is 17.8. The van der Waals surface area contributed by atoms with Gasteiger partial charge in [-0.15, -0.1) is 0 Å². The number of hydrogen-bond acceptors (Lipinski definition) is 5. The van der Waals surface area contributed by atoms with Crippen LogP contribution >= 0.6 is 0 Å². The second kappa shape index (κ2) is 7.50. The standard InChI is InChI=1S/C21H24N4O3/c1-3-21-22-17-6-4-5-7-18(17)24(21)15-10-12-23(13-11-15)16-8-9-19(25(26)27)20(14-16)28-2/h4-9,14-15H,3,10-13H2,1-2H3. The van der Waals surface area contributed by atoms with Crippen molar-refractivity contribution in [2.45, 2.75) is 32.2 Å². The number of ether oxygens (including phenoxy) is 1. The van der Waals surface area contributed by atoms with E-state index in [9.17, 15) is 10.1 Å². The molecule has 0 unspecified atom stereocenters. The number of piperidine rings is 1. The molecule has 0 atom stereocenters. The number of nitro groups is 1. The molecule has 0 radical (unpaired) electrons. The number of imidazole rings is 1. The minimum absolute atomic E-state index is 0.00129. The van der Waals surface area contributed by atoms with Crippen LogP contribution in [0.25, 0.3) is 11.0 Å². The Labute approximate surface area is 163 Å². The minimum atomic E-state index is -0.411. The molecule has 0 N–H and O–H groups in total. The molecule has 2 aromatic carbocycles. The molecule has 0 amide bonds. The number of para-hydroxylation sites is 2. The van der Waals surface area contributed by atoms with Gasteiger partial charge in [-0.05, 0) is 31.0 Å². The first-order valence-corrected chi connectivity index (χ1v) is 9.65. The van der Waals surface area contributed by atoms with Crippen molar-refractivity contribution >= 4 is 22.4 Å². The summed E-state index contributed by atoms with van der Waals surface area (Å²) in [6, 6.07) is 13.8. The third kappa shape index (κ3) is 3.17. The smallest absolute Gasteiger partial charge is 0.311 e. The molecule has 1 aromatic heterocycles. The zero-order valence-corrected chi connectivity index (χ0v) is 16.2. The van der Waals surface area contributed by atoms with Crippen molar-refractivity contribution in [2.24, 2.45) is 0 Å². The molecule has 0 bridgehead atoms. The Kier molecular flexibility index (Phi) is 4.90. The molecule has 0 spiro atoms. The average molecular weight is 380 g/mol. The lowest BCUT2D eigenvalue weighted by molar-refractivity contribution is -0.385. The van der Waals surface area contributed by atoms with Gasteiger partial charge in [-0.25, -0.2) is 4.98 Å². The Morgan fingerprint density at radius 3 is 2.64 bits per heavy atom. The van der Waals surface area contributed by atoms with Crippen molar-refractivity contribution in [1.82, 2.24) is 9.55 Å². The van der Waals surface area contributed by atoms with Crippen LogP contribution in [0.1, 0.15) is 31.6 Å². The first-order chi connectivity index (χ1) is 13.6. The number of methoxy groups -OCH3 is 1. The molecule has 7 heteroatoms. The highest BCUT2D eigenvalue weighted by molar-refractivity contribution is 5.76. The maximum atomic E-state index is 11.1. The summed E-state index contributed by atoms with van der Waals surface area (Å²) in [5.74, 6) is 1.44. The van der Waals surface area contributed by atoms with E-state index in [1.807, 2.05) is 12.1 Å². The van der Waals surface area contributed by atoms with Crippen molar-refractivity contribution in [3.8, 4) is 5.75 Å². The monoisotopic (exact) mass is 380 g/mol. The van der Waals surface area contributed by atoms with E-state index < -0.39 is 4.92 Å². The fraction of sp³-hybridized carbons (Fsp3) is 0.381. The molecule has 146 valence electrons. The topological polar surface area (TPSA) is 73.4 Å². The van der Waals surface area contributed by atoms with Gasteiger partial charge in [0.15, 0.2) is 5.75 Å². The summed E-state index contributed by atoms with van der Waals surface area (Å²) in [6.07, 6.45) is 2.92. The summed E-state index contributed by atoms with van der Waals surface area (Å²) in [6.45, 7) is 3.93. The van der Waals surface area contributed by atoms with E-state index in [0.717, 1.165) is 49.4 Å². The molecule has 1 saturated heterocycles. The normalized spacial score (nSPS) is 15.1. The lowest BCUT2D eigenvalue weighted by Gasteiger charge is -2.35. The van der Waals surface area contributed by atoms with E-state index in [2.05, 4.69) is 34.6 Å². The number of nitrogens with zero attached hydrogens (tertiary/aromatic N) is 4. The highest BCUT2D eigenvalue weighted by Gasteiger charge is 2.25. The van der Waals surface area contributed by atoms with E-state index in [1.54, 1.807) is 6.07 Å². The SMILES string of the molecule is CCc1nc2ccccc2n1C1CCN(c2ccc([N+](=O)[O-])c(OC)c2)CC1. The number of benzene rings is 2. The van der Waals surface area contributed by atoms with Crippen LogP contribution in [-0.2, 0) is 6.42 Å². The fourth-order valence-corrected chi connectivity index (χ4v) is 4.15. The number of aromatic nitrogens is 2. The number of rotatable bonds is 5. The minimum Gasteiger partial charge on any atom is -0.490 e. The summed E-state index contributed by atoms with van der Waals surface area (Å²) in [5.41, 5.74) is 3.22. The van der Waals surface area contributed by atoms with Gasteiger partial charge in [0.25, 0.3) is 0 Å². The number of nitro benzene ring substituents is 1. The van der Waals surface area contributed by atoms with Gasteiger partial charge < -0.3 is 14.2 Å². The zero-order valence-electron chi connectivity index (χ0n) is 16.2. The average Bonchev–Trinajstić information content (AvgIpc) is 3.12. The van der Waals surface area contributed by atoms with Crippen molar-refractivity contribution in [1.29, 1.82) is 0 Å². The van der Waals surface area contributed by atoms with Gasteiger partial charge in [-0.2, -0.15) is 0 Å². The Morgan fingerprint density at radius 2 is 1.96 bits per heavy atom. The summed E-state index contributed by atoms with van der Waals surface area (Å²) >= 11 is 0. The summed E-state index contributed by atoms with van der Waals surface area (Å²) < 4.78 is 7.62. The van der Waals surface area contributed by atoms with Gasteiger partial charge in [0.1, 0.15) is 5.82 Å². The Morgan fingerprint density at radius 1 is 1.21 bits per heavy atom. The molecular weight excluding hydrogens is 356 g/mol. The van der Waals surface area contributed by atoms with E-state index in [1.165, 1.54) is 18.7 Å². The summed E-state index contributed by atoms with van der Waals surface area (Å²) in [5, 5.41) is 11.1. The van der Waals surface area contributed by atoms with Crippen LogP contribution in [-0.4, -0.2) is 34.7 Å². The predicted molar refractivity (Wildman–Crippen MR) is 109 cm³/mol. The van der Waals surface area contributed by atoms with Crippen LogP contribution in [0.2, 0.25) is 0 Å². The van der Waals surface area contributed by atoms with Crippen molar-refractivity contribution in [3.05, 3.63) is 58.4 Å². The Bertz CT molecular complexity index is 1010. The van der Waals surface area contributed by atoms with Crippen LogP contribution in [0.4, 0.5) is 11.4 Å². The summed E-state index contributed by atoms with van der Waals surface area (Å²) in [7, 11) is 1.47. The van der Waals surface area contributed by atoms with Gasteiger partial charge in [0.05, 0.1) is 23.1 Å². The molecule has 28 heavy (non-hydrogen) atoms. The number of fused-ring (bicyclic) bond motifs is 1. The van der Waals surface area contributed by atoms with E-state index in [-0.39, 0.29) is 5.69 Å². The van der Waals surface area contributed by atoms with Crippen LogP contribution in [0.3, 0.4) is 0 Å².